The molecule has 0 aromatic rings. The molecule has 0 aliphatic heterocycles. The summed E-state index contributed by atoms with van der Waals surface area (Å²) in [4.78, 5) is 12.0. The van der Waals surface area contributed by atoms with E-state index in [0.717, 1.165) is 0 Å². The molecule has 0 aromatic carbocycles. The number of sulfonamides is 1. The number of allylic oxidation sites excluding steroid dienone is 1. The molecule has 0 radical (unpaired) electrons. The summed E-state index contributed by atoms with van der Waals surface area (Å²) in [6.07, 6.45) is 3.52. The monoisotopic (exact) mass is 379 g/mol. The average Bonchev–Trinajstić information content (AvgIpc) is 2.42. The van der Waals surface area contributed by atoms with Gasteiger partial charge < -0.3 is 4.74 Å². The molecule has 0 aromatic heterocycles. The van der Waals surface area contributed by atoms with E-state index in [0.29, 0.717) is 6.42 Å². The quantitative estimate of drug-likeness (QED) is 0.490. The number of carbonyl (C=O) groups is 1. The molecule has 0 spiro atoms. The maximum absolute atomic E-state index is 12.4. The third kappa shape index (κ3) is 6.95. The number of esters is 1. The van der Waals surface area contributed by atoms with Gasteiger partial charge in [0.05, 0.1) is 23.3 Å². The highest BCUT2D eigenvalue weighted by molar-refractivity contribution is 7.90. The molecule has 2 atom stereocenters. The maximum atomic E-state index is 12.4. The molecule has 7 heteroatoms. The fraction of sp³-hybridized carbons (Fsp3) is 0.706. The molecule has 0 rings (SSSR count). The van der Waals surface area contributed by atoms with E-state index >= 15 is 0 Å². The summed E-state index contributed by atoms with van der Waals surface area (Å²) in [5.74, 6) is -1.08. The maximum Gasteiger partial charge on any atom is 0.313 e. The molecule has 140 valence electrons. The number of carbonyl (C=O) groups excluding carboxylic acids is 1. The predicted octanol–water partition coefficient (Wildman–Crippen LogP) is 3.61. The molecule has 0 aliphatic rings. The van der Waals surface area contributed by atoms with Crippen LogP contribution in [-0.2, 0) is 19.6 Å². The summed E-state index contributed by atoms with van der Waals surface area (Å²) < 4.78 is 31.5. The van der Waals surface area contributed by atoms with Crippen LogP contribution in [0.2, 0.25) is 0 Å². The van der Waals surface area contributed by atoms with Crippen LogP contribution in [0.15, 0.2) is 23.8 Å². The van der Waals surface area contributed by atoms with Crippen molar-refractivity contribution in [2.24, 2.45) is 11.8 Å². The fourth-order valence-electron chi connectivity index (χ4n) is 1.81. The first-order valence-electron chi connectivity index (χ1n) is 8.04. The lowest BCUT2D eigenvalue weighted by atomic mass is 9.99. The zero-order valence-corrected chi connectivity index (χ0v) is 17.0. The molecular weight excluding hydrogens is 350 g/mol. The van der Waals surface area contributed by atoms with Crippen molar-refractivity contribution in [3.8, 4) is 0 Å². The minimum atomic E-state index is -3.58. The fourth-order valence-corrected chi connectivity index (χ4v) is 3.42. The van der Waals surface area contributed by atoms with Crippen molar-refractivity contribution in [1.82, 2.24) is 4.72 Å². The third-order valence-electron chi connectivity index (χ3n) is 3.42. The number of hydrogen-bond donors (Lipinski definition) is 1. The Morgan fingerprint density at radius 1 is 1.33 bits per heavy atom. The van der Waals surface area contributed by atoms with Gasteiger partial charge in [-0.05, 0) is 40.0 Å². The molecule has 1 N–H and O–H groups in total. The molecule has 0 amide bonds. The predicted molar refractivity (Wildman–Crippen MR) is 99.3 cm³/mol. The SMILES string of the molecule is C=CC[C@H](/C=C(\Cl)[C@@H](NS(=O)(=O)C(C)(C)C)C(C)C)C(=O)OCC. The van der Waals surface area contributed by atoms with Gasteiger partial charge in [-0.1, -0.05) is 37.6 Å². The number of halogens is 1. The number of ether oxygens (including phenoxy) is 1. The molecule has 0 aliphatic carbocycles. The minimum absolute atomic E-state index is 0.0857. The van der Waals surface area contributed by atoms with E-state index in [1.807, 2.05) is 13.8 Å². The third-order valence-corrected chi connectivity index (χ3v) is 5.96. The Bertz CT molecular complexity index is 562. The van der Waals surface area contributed by atoms with E-state index < -0.39 is 32.7 Å². The van der Waals surface area contributed by atoms with Crippen LogP contribution in [0.1, 0.15) is 48.0 Å². The number of nitrogens with one attached hydrogen (secondary N) is 1. The molecule has 0 fully saturated rings. The zero-order valence-electron chi connectivity index (χ0n) is 15.4. The van der Waals surface area contributed by atoms with Gasteiger partial charge in [-0.2, -0.15) is 0 Å². The van der Waals surface area contributed by atoms with Crippen molar-refractivity contribution in [2.75, 3.05) is 6.61 Å². The normalized spacial score (nSPS) is 15.9. The highest BCUT2D eigenvalue weighted by Crippen LogP contribution is 2.24. The van der Waals surface area contributed by atoms with Gasteiger partial charge in [-0.15, -0.1) is 6.58 Å². The lowest BCUT2D eigenvalue weighted by Crippen LogP contribution is -2.47. The van der Waals surface area contributed by atoms with Crippen LogP contribution in [0.3, 0.4) is 0 Å². The standard InChI is InChI=1S/C17H30ClNO4S/c1-8-10-13(16(20)23-9-2)11-14(18)15(12(3)4)19-24(21,22)17(5,6)7/h8,11-13,15,19H,1,9-10H2,2-7H3/b14-11-/t13-,15+/m1/s1. The van der Waals surface area contributed by atoms with Gasteiger partial charge in [0.25, 0.3) is 0 Å². The Balaban J connectivity index is 5.57. The molecule has 0 saturated carbocycles. The van der Waals surface area contributed by atoms with Crippen LogP contribution in [0.25, 0.3) is 0 Å². The van der Waals surface area contributed by atoms with Gasteiger partial charge in [0, 0.05) is 5.03 Å². The van der Waals surface area contributed by atoms with E-state index in [2.05, 4.69) is 11.3 Å². The van der Waals surface area contributed by atoms with Crippen LogP contribution in [0.4, 0.5) is 0 Å². The smallest absolute Gasteiger partial charge is 0.313 e. The Morgan fingerprint density at radius 3 is 2.25 bits per heavy atom. The van der Waals surface area contributed by atoms with Gasteiger partial charge in [-0.3, -0.25) is 4.79 Å². The van der Waals surface area contributed by atoms with E-state index in [1.165, 1.54) is 0 Å². The van der Waals surface area contributed by atoms with Crippen molar-refractivity contribution < 1.29 is 17.9 Å². The van der Waals surface area contributed by atoms with Crippen molar-refractivity contribution in [3.63, 3.8) is 0 Å². The lowest BCUT2D eigenvalue weighted by molar-refractivity contribution is -0.146. The van der Waals surface area contributed by atoms with Gasteiger partial charge in [0.15, 0.2) is 0 Å². The van der Waals surface area contributed by atoms with Gasteiger partial charge in [0.1, 0.15) is 0 Å². The summed E-state index contributed by atoms with van der Waals surface area (Å²) in [6, 6.07) is -0.613. The Hall–Kier alpha value is -0.850. The lowest BCUT2D eigenvalue weighted by Gasteiger charge is -2.27. The summed E-state index contributed by atoms with van der Waals surface area (Å²) in [5.41, 5.74) is 0. The van der Waals surface area contributed by atoms with E-state index in [4.69, 9.17) is 16.3 Å². The van der Waals surface area contributed by atoms with Crippen LogP contribution < -0.4 is 4.72 Å². The van der Waals surface area contributed by atoms with Gasteiger partial charge in [0.2, 0.25) is 10.0 Å². The molecule has 0 saturated heterocycles. The summed E-state index contributed by atoms with van der Waals surface area (Å²) in [7, 11) is -3.58. The number of hydrogen-bond acceptors (Lipinski definition) is 4. The Labute approximate surface area is 151 Å². The minimum Gasteiger partial charge on any atom is -0.466 e. The second-order valence-corrected chi connectivity index (χ2v) is 9.79. The van der Waals surface area contributed by atoms with Crippen LogP contribution >= 0.6 is 11.6 Å². The summed E-state index contributed by atoms with van der Waals surface area (Å²) in [5, 5.41) is 0.276. The molecule has 0 heterocycles. The highest BCUT2D eigenvalue weighted by atomic mass is 35.5. The van der Waals surface area contributed by atoms with Crippen LogP contribution in [0.5, 0.6) is 0 Å². The first kappa shape index (κ1) is 23.1. The molecular formula is C17H30ClNO4S. The Morgan fingerprint density at radius 2 is 1.88 bits per heavy atom. The second kappa shape index (κ2) is 9.59. The Kier molecular flexibility index (Phi) is 9.25. The van der Waals surface area contributed by atoms with Gasteiger partial charge >= 0.3 is 5.97 Å². The highest BCUT2D eigenvalue weighted by Gasteiger charge is 2.33. The largest absolute Gasteiger partial charge is 0.466 e. The molecule has 24 heavy (non-hydrogen) atoms. The number of rotatable bonds is 9. The van der Waals surface area contributed by atoms with Crippen LogP contribution in [-0.4, -0.2) is 31.8 Å². The summed E-state index contributed by atoms with van der Waals surface area (Å²) >= 11 is 6.36. The van der Waals surface area contributed by atoms with Crippen molar-refractivity contribution >= 4 is 27.6 Å². The topological polar surface area (TPSA) is 72.5 Å². The molecule has 0 unspecified atom stereocenters. The first-order valence-corrected chi connectivity index (χ1v) is 9.90. The van der Waals surface area contributed by atoms with E-state index in [1.54, 1.807) is 39.8 Å². The summed E-state index contributed by atoms with van der Waals surface area (Å²) in [6.45, 7) is 14.2. The first-order chi connectivity index (χ1) is 10.9. The van der Waals surface area contributed by atoms with Crippen molar-refractivity contribution in [1.29, 1.82) is 0 Å². The van der Waals surface area contributed by atoms with E-state index in [-0.39, 0.29) is 17.6 Å². The van der Waals surface area contributed by atoms with E-state index in [9.17, 15) is 13.2 Å². The molecule has 5 nitrogen and oxygen atoms in total. The zero-order chi connectivity index (χ0) is 19.1. The van der Waals surface area contributed by atoms with Crippen molar-refractivity contribution in [3.05, 3.63) is 23.8 Å². The average molecular weight is 380 g/mol. The van der Waals surface area contributed by atoms with Crippen molar-refractivity contribution in [2.45, 2.75) is 58.8 Å². The van der Waals surface area contributed by atoms with Crippen LogP contribution in [0, 0.1) is 11.8 Å². The van der Waals surface area contributed by atoms with Gasteiger partial charge in [-0.25, -0.2) is 13.1 Å². The molecule has 0 bridgehead atoms. The second-order valence-electron chi connectivity index (χ2n) is 6.89.